The fraction of sp³-hybridized carbons (Fsp3) is 0.0588. The number of hydrogen-bond acceptors (Lipinski definition) is 3. The maximum absolute atomic E-state index is 5.95. The van der Waals surface area contributed by atoms with E-state index < -0.39 is 0 Å². The summed E-state index contributed by atoms with van der Waals surface area (Å²) < 4.78 is 0. The third-order valence-electron chi connectivity index (χ3n) is 3.15. The van der Waals surface area contributed by atoms with Gasteiger partial charge in [-0.25, -0.2) is 4.98 Å². The van der Waals surface area contributed by atoms with Crippen LogP contribution >= 0.6 is 11.6 Å². The van der Waals surface area contributed by atoms with Gasteiger partial charge in [0.2, 0.25) is 0 Å². The molecule has 0 saturated carbocycles. The molecule has 0 bridgehead atoms. The van der Waals surface area contributed by atoms with Gasteiger partial charge < -0.3 is 5.32 Å². The second kappa shape index (κ2) is 6.37. The van der Waals surface area contributed by atoms with E-state index in [1.807, 2.05) is 42.5 Å². The molecule has 0 aliphatic rings. The number of hydrogen-bond donors (Lipinski definition) is 1. The topological polar surface area (TPSA) is 37.8 Å². The minimum Gasteiger partial charge on any atom is -0.373 e. The van der Waals surface area contributed by atoms with Crippen LogP contribution in [0.1, 0.15) is 17.3 Å². The van der Waals surface area contributed by atoms with Crippen molar-refractivity contribution in [1.29, 1.82) is 0 Å². The Hall–Kier alpha value is -2.39. The summed E-state index contributed by atoms with van der Waals surface area (Å²) in [6.45, 7) is 0. The van der Waals surface area contributed by atoms with Gasteiger partial charge in [-0.2, -0.15) is 0 Å². The summed E-state index contributed by atoms with van der Waals surface area (Å²) in [6, 6.07) is 19.8. The first-order chi connectivity index (χ1) is 10.3. The lowest BCUT2D eigenvalue weighted by molar-refractivity contribution is 0.886. The van der Waals surface area contributed by atoms with E-state index in [1.54, 1.807) is 18.5 Å². The molecule has 1 atom stereocenters. The van der Waals surface area contributed by atoms with Crippen molar-refractivity contribution in [2.24, 2.45) is 0 Å². The molecule has 3 aromatic rings. The van der Waals surface area contributed by atoms with E-state index in [0.717, 1.165) is 16.9 Å². The van der Waals surface area contributed by atoms with E-state index in [-0.39, 0.29) is 6.04 Å². The molecule has 3 rings (SSSR count). The molecule has 1 unspecified atom stereocenters. The van der Waals surface area contributed by atoms with Crippen molar-refractivity contribution >= 4 is 17.3 Å². The molecule has 2 heterocycles. The van der Waals surface area contributed by atoms with E-state index in [4.69, 9.17) is 11.6 Å². The Labute approximate surface area is 128 Å². The minimum atomic E-state index is -0.0362. The quantitative estimate of drug-likeness (QED) is 0.728. The van der Waals surface area contributed by atoms with Crippen molar-refractivity contribution < 1.29 is 0 Å². The molecule has 104 valence electrons. The fourth-order valence-electron chi connectivity index (χ4n) is 2.18. The molecule has 2 aromatic heterocycles. The number of nitrogens with zero attached hydrogens (tertiary/aromatic N) is 2. The van der Waals surface area contributed by atoms with Crippen LogP contribution in [0.3, 0.4) is 0 Å². The summed E-state index contributed by atoms with van der Waals surface area (Å²) in [5.74, 6) is 0. The molecule has 0 saturated heterocycles. The maximum Gasteiger partial charge on any atom is 0.131 e. The summed E-state index contributed by atoms with van der Waals surface area (Å²) in [5.41, 5.74) is 3.01. The first kappa shape index (κ1) is 13.6. The maximum atomic E-state index is 5.95. The van der Waals surface area contributed by atoms with Crippen molar-refractivity contribution in [2.75, 3.05) is 5.32 Å². The highest BCUT2D eigenvalue weighted by Crippen LogP contribution is 2.25. The van der Waals surface area contributed by atoms with Crippen molar-refractivity contribution in [3.63, 3.8) is 0 Å². The Bertz CT molecular complexity index is 662. The van der Waals surface area contributed by atoms with Crippen LogP contribution in [0.2, 0.25) is 5.15 Å². The molecule has 1 aromatic carbocycles. The van der Waals surface area contributed by atoms with Gasteiger partial charge in [-0.05, 0) is 29.8 Å². The molecule has 21 heavy (non-hydrogen) atoms. The molecule has 0 amide bonds. The number of benzene rings is 1. The van der Waals surface area contributed by atoms with Gasteiger partial charge in [0.25, 0.3) is 0 Å². The van der Waals surface area contributed by atoms with Crippen molar-refractivity contribution in [1.82, 2.24) is 9.97 Å². The van der Waals surface area contributed by atoms with Crippen molar-refractivity contribution in [3.8, 4) is 0 Å². The average molecular weight is 296 g/mol. The summed E-state index contributed by atoms with van der Waals surface area (Å²) in [5, 5.41) is 3.93. The molecule has 1 N–H and O–H groups in total. The summed E-state index contributed by atoms with van der Waals surface area (Å²) >= 11 is 5.95. The van der Waals surface area contributed by atoms with E-state index >= 15 is 0 Å². The van der Waals surface area contributed by atoms with Crippen molar-refractivity contribution in [3.05, 3.63) is 89.5 Å². The van der Waals surface area contributed by atoms with Crippen LogP contribution in [-0.2, 0) is 0 Å². The highest BCUT2D eigenvalue weighted by molar-refractivity contribution is 6.29. The number of nitrogens with one attached hydrogen (secondary N) is 1. The molecule has 4 heteroatoms. The second-order valence-corrected chi connectivity index (χ2v) is 5.00. The first-order valence-electron chi connectivity index (χ1n) is 6.67. The third-order valence-corrected chi connectivity index (χ3v) is 3.36. The monoisotopic (exact) mass is 295 g/mol. The summed E-state index contributed by atoms with van der Waals surface area (Å²) in [6.07, 6.45) is 3.48. The van der Waals surface area contributed by atoms with Gasteiger partial charge >= 0.3 is 0 Å². The van der Waals surface area contributed by atoms with Gasteiger partial charge in [-0.15, -0.1) is 0 Å². The zero-order chi connectivity index (χ0) is 14.5. The van der Waals surface area contributed by atoms with Gasteiger partial charge in [-0.1, -0.05) is 48.0 Å². The molecule has 0 fully saturated rings. The number of anilines is 1. The Balaban J connectivity index is 1.97. The Morgan fingerprint density at radius 1 is 0.857 bits per heavy atom. The van der Waals surface area contributed by atoms with Crippen LogP contribution in [0.5, 0.6) is 0 Å². The number of aromatic nitrogens is 2. The highest BCUT2D eigenvalue weighted by Gasteiger charge is 2.14. The fourth-order valence-corrected chi connectivity index (χ4v) is 2.35. The molecule has 0 aliphatic heterocycles. The van der Waals surface area contributed by atoms with Crippen LogP contribution in [0, 0.1) is 0 Å². The Morgan fingerprint density at radius 2 is 1.67 bits per heavy atom. The molecule has 0 radical (unpaired) electrons. The Morgan fingerprint density at radius 3 is 2.38 bits per heavy atom. The van der Waals surface area contributed by atoms with Crippen molar-refractivity contribution in [2.45, 2.75) is 6.04 Å². The zero-order valence-electron chi connectivity index (χ0n) is 11.3. The van der Waals surface area contributed by atoms with E-state index in [1.165, 1.54) is 0 Å². The lowest BCUT2D eigenvalue weighted by Gasteiger charge is -2.20. The van der Waals surface area contributed by atoms with Crippen LogP contribution in [0.4, 0.5) is 5.69 Å². The Kier molecular flexibility index (Phi) is 4.12. The van der Waals surface area contributed by atoms with Gasteiger partial charge in [-0.3, -0.25) is 4.98 Å². The molecular formula is C17H14ClN3. The van der Waals surface area contributed by atoms with Gasteiger partial charge in [0.1, 0.15) is 5.15 Å². The van der Waals surface area contributed by atoms with Crippen LogP contribution in [0.25, 0.3) is 0 Å². The predicted molar refractivity (Wildman–Crippen MR) is 85.4 cm³/mol. The SMILES string of the molecule is Clc1cc(NC(c2ccccc2)c2ccccn2)ccn1. The predicted octanol–water partition coefficient (Wildman–Crippen LogP) is 4.33. The molecule has 0 spiro atoms. The minimum absolute atomic E-state index is 0.0362. The smallest absolute Gasteiger partial charge is 0.131 e. The summed E-state index contributed by atoms with van der Waals surface area (Å²) in [4.78, 5) is 8.47. The molecular weight excluding hydrogens is 282 g/mol. The van der Waals surface area contributed by atoms with Gasteiger partial charge in [0.15, 0.2) is 0 Å². The lowest BCUT2D eigenvalue weighted by atomic mass is 10.0. The molecule has 3 nitrogen and oxygen atoms in total. The highest BCUT2D eigenvalue weighted by atomic mass is 35.5. The average Bonchev–Trinajstić information content (AvgIpc) is 2.54. The number of rotatable bonds is 4. The van der Waals surface area contributed by atoms with E-state index in [2.05, 4.69) is 27.4 Å². The largest absolute Gasteiger partial charge is 0.373 e. The normalized spacial score (nSPS) is 11.9. The van der Waals surface area contributed by atoms with E-state index in [0.29, 0.717) is 5.15 Å². The first-order valence-corrected chi connectivity index (χ1v) is 7.05. The van der Waals surface area contributed by atoms with E-state index in [9.17, 15) is 0 Å². The standard InChI is InChI=1S/C17H14ClN3/c18-16-12-14(9-11-20-16)21-17(13-6-2-1-3-7-13)15-8-4-5-10-19-15/h1-12,17H,(H,20,21). The van der Waals surface area contributed by atoms with Crippen LogP contribution < -0.4 is 5.32 Å². The second-order valence-electron chi connectivity index (χ2n) is 4.61. The molecule has 0 aliphatic carbocycles. The van der Waals surface area contributed by atoms with Gasteiger partial charge in [0.05, 0.1) is 11.7 Å². The lowest BCUT2D eigenvalue weighted by Crippen LogP contribution is -2.13. The summed E-state index contributed by atoms with van der Waals surface area (Å²) in [7, 11) is 0. The van der Waals surface area contributed by atoms with Gasteiger partial charge in [0, 0.05) is 18.1 Å². The number of halogens is 1. The third kappa shape index (κ3) is 3.38. The van der Waals surface area contributed by atoms with Crippen LogP contribution in [0.15, 0.2) is 73.1 Å². The number of pyridine rings is 2. The van der Waals surface area contributed by atoms with Crippen LogP contribution in [-0.4, -0.2) is 9.97 Å². The zero-order valence-corrected chi connectivity index (χ0v) is 12.0.